The van der Waals surface area contributed by atoms with Gasteiger partial charge in [0.25, 0.3) is 0 Å². The van der Waals surface area contributed by atoms with Crippen molar-refractivity contribution in [3.63, 3.8) is 0 Å². The zero-order valence-corrected chi connectivity index (χ0v) is 13.2. The lowest BCUT2D eigenvalue weighted by molar-refractivity contribution is 0.682. The highest BCUT2D eigenvalue weighted by molar-refractivity contribution is 6.32. The molecule has 1 aromatic heterocycles. The van der Waals surface area contributed by atoms with Crippen molar-refractivity contribution in [1.82, 2.24) is 9.55 Å². The minimum atomic E-state index is -0.00250. The summed E-state index contributed by atoms with van der Waals surface area (Å²) in [5, 5.41) is 3.13. The predicted molar refractivity (Wildman–Crippen MR) is 94.9 cm³/mol. The molecule has 0 spiro atoms. The summed E-state index contributed by atoms with van der Waals surface area (Å²) in [5.41, 5.74) is 2.29. The van der Waals surface area contributed by atoms with E-state index in [0.29, 0.717) is 0 Å². The number of hydrogen-bond donors (Lipinski definition) is 0. The van der Waals surface area contributed by atoms with E-state index in [0.717, 1.165) is 10.6 Å². The van der Waals surface area contributed by atoms with E-state index in [1.165, 1.54) is 16.3 Å². The van der Waals surface area contributed by atoms with Gasteiger partial charge >= 0.3 is 0 Å². The molecule has 0 N–H and O–H groups in total. The summed E-state index contributed by atoms with van der Waals surface area (Å²) in [4.78, 5) is 4.22. The molecule has 0 saturated carbocycles. The van der Waals surface area contributed by atoms with Gasteiger partial charge in [-0.1, -0.05) is 72.3 Å². The predicted octanol–water partition coefficient (Wildman–Crippen LogP) is 5.33. The number of aromatic nitrogens is 2. The lowest BCUT2D eigenvalue weighted by atomic mass is 9.93. The maximum absolute atomic E-state index is 6.63. The highest BCUT2D eigenvalue weighted by Gasteiger charge is 2.21. The third-order valence-corrected chi connectivity index (χ3v) is 4.46. The summed E-state index contributed by atoms with van der Waals surface area (Å²) >= 11 is 6.63. The summed E-state index contributed by atoms with van der Waals surface area (Å²) in [5.74, 6) is 0. The molecule has 1 unspecified atom stereocenters. The van der Waals surface area contributed by atoms with Crippen LogP contribution in [0.2, 0.25) is 5.02 Å². The summed E-state index contributed by atoms with van der Waals surface area (Å²) in [7, 11) is 0. The smallest absolute Gasteiger partial charge is 0.0954 e. The largest absolute Gasteiger partial charge is 0.326 e. The molecular weight excluding hydrogens is 304 g/mol. The zero-order chi connectivity index (χ0) is 15.6. The van der Waals surface area contributed by atoms with Crippen molar-refractivity contribution in [1.29, 1.82) is 0 Å². The van der Waals surface area contributed by atoms with E-state index in [4.69, 9.17) is 11.6 Å². The number of fused-ring (bicyclic) bond motifs is 1. The number of nitrogens with zero attached hydrogens (tertiary/aromatic N) is 2. The third-order valence-electron chi connectivity index (χ3n) is 4.13. The van der Waals surface area contributed by atoms with Gasteiger partial charge in [0.2, 0.25) is 0 Å². The first-order chi connectivity index (χ1) is 11.3. The van der Waals surface area contributed by atoms with Crippen molar-refractivity contribution in [2.45, 2.75) is 6.04 Å². The van der Waals surface area contributed by atoms with Crippen LogP contribution in [0.25, 0.3) is 10.8 Å². The normalized spacial score (nSPS) is 12.4. The molecule has 3 heteroatoms. The molecule has 1 atom stereocenters. The fraction of sp³-hybridized carbons (Fsp3) is 0.0500. The van der Waals surface area contributed by atoms with E-state index >= 15 is 0 Å². The summed E-state index contributed by atoms with van der Waals surface area (Å²) in [6.07, 6.45) is 5.63. The van der Waals surface area contributed by atoms with Crippen LogP contribution >= 0.6 is 11.6 Å². The molecule has 0 fully saturated rings. The molecule has 0 bridgehead atoms. The average Bonchev–Trinajstić information content (AvgIpc) is 3.12. The van der Waals surface area contributed by atoms with Crippen molar-refractivity contribution in [3.05, 3.63) is 102 Å². The number of hydrogen-bond acceptors (Lipinski definition) is 1. The maximum atomic E-state index is 6.63. The molecule has 4 aromatic rings. The molecule has 0 radical (unpaired) electrons. The van der Waals surface area contributed by atoms with Crippen molar-refractivity contribution in [2.75, 3.05) is 0 Å². The van der Waals surface area contributed by atoms with Gasteiger partial charge in [0.05, 0.1) is 12.4 Å². The van der Waals surface area contributed by atoms with Gasteiger partial charge in [0.1, 0.15) is 0 Å². The van der Waals surface area contributed by atoms with Crippen LogP contribution in [0, 0.1) is 0 Å². The van der Waals surface area contributed by atoms with E-state index < -0.39 is 0 Å². The summed E-state index contributed by atoms with van der Waals surface area (Å²) < 4.78 is 2.10. The zero-order valence-electron chi connectivity index (χ0n) is 12.4. The van der Waals surface area contributed by atoms with Crippen molar-refractivity contribution >= 4 is 22.4 Å². The van der Waals surface area contributed by atoms with Crippen LogP contribution in [-0.2, 0) is 0 Å². The fourth-order valence-electron chi connectivity index (χ4n) is 3.09. The number of benzene rings is 3. The van der Waals surface area contributed by atoms with Crippen LogP contribution in [0.15, 0.2) is 85.5 Å². The van der Waals surface area contributed by atoms with Gasteiger partial charge in [0.15, 0.2) is 0 Å². The topological polar surface area (TPSA) is 17.8 Å². The lowest BCUT2D eigenvalue weighted by Crippen LogP contribution is -2.11. The van der Waals surface area contributed by atoms with E-state index in [1.807, 2.05) is 24.7 Å². The second kappa shape index (κ2) is 5.90. The number of halogens is 1. The lowest BCUT2D eigenvalue weighted by Gasteiger charge is -2.22. The van der Waals surface area contributed by atoms with Crippen LogP contribution < -0.4 is 0 Å². The SMILES string of the molecule is Clc1ccc2ccccc2c1C(c1ccccc1)n1ccnc1. The second-order valence-corrected chi connectivity index (χ2v) is 5.91. The number of imidazole rings is 1. The van der Waals surface area contributed by atoms with E-state index in [-0.39, 0.29) is 6.04 Å². The first kappa shape index (κ1) is 14.0. The minimum absolute atomic E-state index is 0.00250. The van der Waals surface area contributed by atoms with Crippen molar-refractivity contribution < 1.29 is 0 Å². The Bertz CT molecular complexity index is 930. The Morgan fingerprint density at radius 2 is 1.65 bits per heavy atom. The molecule has 1 heterocycles. The molecule has 2 nitrogen and oxygen atoms in total. The van der Waals surface area contributed by atoms with Gasteiger partial charge in [-0.25, -0.2) is 4.98 Å². The van der Waals surface area contributed by atoms with Gasteiger partial charge in [-0.15, -0.1) is 0 Å². The minimum Gasteiger partial charge on any atom is -0.326 e. The van der Waals surface area contributed by atoms with Crippen LogP contribution in [0.1, 0.15) is 17.2 Å². The molecule has 112 valence electrons. The Hall–Kier alpha value is -2.58. The Morgan fingerprint density at radius 1 is 0.870 bits per heavy atom. The van der Waals surface area contributed by atoms with Crippen LogP contribution in [0.4, 0.5) is 0 Å². The monoisotopic (exact) mass is 318 g/mol. The van der Waals surface area contributed by atoms with Crippen LogP contribution in [-0.4, -0.2) is 9.55 Å². The van der Waals surface area contributed by atoms with Crippen LogP contribution in [0.3, 0.4) is 0 Å². The Morgan fingerprint density at radius 3 is 2.43 bits per heavy atom. The molecular formula is C20H15ClN2. The fourth-order valence-corrected chi connectivity index (χ4v) is 3.36. The van der Waals surface area contributed by atoms with Gasteiger partial charge < -0.3 is 4.57 Å². The highest BCUT2D eigenvalue weighted by atomic mass is 35.5. The standard InChI is InChI=1S/C20H15ClN2/c21-18-11-10-15-6-4-5-9-17(15)19(18)20(23-13-12-22-14-23)16-7-2-1-3-8-16/h1-14,20H. The number of rotatable bonds is 3. The van der Waals surface area contributed by atoms with Crippen molar-refractivity contribution in [3.8, 4) is 0 Å². The van der Waals surface area contributed by atoms with E-state index in [2.05, 4.69) is 64.1 Å². The quantitative estimate of drug-likeness (QED) is 0.499. The van der Waals surface area contributed by atoms with Gasteiger partial charge in [-0.3, -0.25) is 0 Å². The molecule has 0 saturated heterocycles. The van der Waals surface area contributed by atoms with E-state index in [1.54, 1.807) is 6.20 Å². The molecule has 0 aliphatic heterocycles. The van der Waals surface area contributed by atoms with Gasteiger partial charge in [0, 0.05) is 23.0 Å². The summed E-state index contributed by atoms with van der Waals surface area (Å²) in [6, 6.07) is 22.8. The van der Waals surface area contributed by atoms with Gasteiger partial charge in [-0.05, 0) is 22.4 Å². The molecule has 0 aliphatic rings. The van der Waals surface area contributed by atoms with Crippen molar-refractivity contribution in [2.24, 2.45) is 0 Å². The van der Waals surface area contributed by atoms with Gasteiger partial charge in [-0.2, -0.15) is 0 Å². The Balaban J connectivity index is 2.03. The highest BCUT2D eigenvalue weighted by Crippen LogP contribution is 2.37. The second-order valence-electron chi connectivity index (χ2n) is 5.51. The molecule has 23 heavy (non-hydrogen) atoms. The first-order valence-corrected chi connectivity index (χ1v) is 7.92. The molecule has 0 aliphatic carbocycles. The third kappa shape index (κ3) is 2.51. The molecule has 0 amide bonds. The first-order valence-electron chi connectivity index (χ1n) is 7.54. The average molecular weight is 319 g/mol. The van der Waals surface area contributed by atoms with E-state index in [9.17, 15) is 0 Å². The maximum Gasteiger partial charge on any atom is 0.0954 e. The molecule has 4 rings (SSSR count). The Kier molecular flexibility index (Phi) is 3.60. The van der Waals surface area contributed by atoms with Crippen LogP contribution in [0.5, 0.6) is 0 Å². The Labute approximate surface area is 140 Å². The molecule has 3 aromatic carbocycles. The summed E-state index contributed by atoms with van der Waals surface area (Å²) in [6.45, 7) is 0.